The molecule has 0 aliphatic carbocycles. The molecule has 21 heavy (non-hydrogen) atoms. The highest BCUT2D eigenvalue weighted by Gasteiger charge is 2.30. The predicted octanol–water partition coefficient (Wildman–Crippen LogP) is 5.02. The van der Waals surface area contributed by atoms with E-state index in [1.165, 1.54) is 17.7 Å². The normalized spacial score (nSPS) is 12.0. The maximum Gasteiger partial charge on any atom is 0.416 e. The maximum absolute atomic E-state index is 12.7. The molecule has 0 saturated heterocycles. The molecule has 0 N–H and O–H groups in total. The minimum atomic E-state index is -4.30. The van der Waals surface area contributed by atoms with Crippen molar-refractivity contribution in [2.24, 2.45) is 0 Å². The second-order valence-electron chi connectivity index (χ2n) is 5.20. The third kappa shape index (κ3) is 2.79. The fourth-order valence-electron chi connectivity index (χ4n) is 2.50. The second-order valence-corrected chi connectivity index (χ2v) is 5.20. The van der Waals surface area contributed by atoms with Gasteiger partial charge in [0.05, 0.1) is 5.56 Å². The molecular formula is C17H14F3N. The standard InChI is InChI=1S/C17H14F3N/c1-12-5-6-16-14(9-12)7-8-21(16)11-13-3-2-4-15(10-13)17(18,19)20/h2-10H,11H2,1H3. The molecule has 3 rings (SSSR count). The third-order valence-corrected chi connectivity index (χ3v) is 3.53. The van der Waals surface area contributed by atoms with E-state index in [9.17, 15) is 13.2 Å². The van der Waals surface area contributed by atoms with Crippen LogP contribution in [0.15, 0.2) is 54.7 Å². The molecule has 1 heterocycles. The van der Waals surface area contributed by atoms with Crippen LogP contribution in [0.5, 0.6) is 0 Å². The fourth-order valence-corrected chi connectivity index (χ4v) is 2.50. The molecule has 0 saturated carbocycles. The van der Waals surface area contributed by atoms with Gasteiger partial charge in [0, 0.05) is 18.3 Å². The summed E-state index contributed by atoms with van der Waals surface area (Å²) in [5.41, 5.74) is 2.23. The van der Waals surface area contributed by atoms with Gasteiger partial charge in [0.15, 0.2) is 0 Å². The first-order valence-electron chi connectivity index (χ1n) is 6.65. The zero-order chi connectivity index (χ0) is 15.0. The topological polar surface area (TPSA) is 4.93 Å². The van der Waals surface area contributed by atoms with Gasteiger partial charge < -0.3 is 4.57 Å². The van der Waals surface area contributed by atoms with Crippen LogP contribution in [-0.4, -0.2) is 4.57 Å². The van der Waals surface area contributed by atoms with Gasteiger partial charge in [0.1, 0.15) is 0 Å². The summed E-state index contributed by atoms with van der Waals surface area (Å²) in [6, 6.07) is 13.5. The third-order valence-electron chi connectivity index (χ3n) is 3.53. The van der Waals surface area contributed by atoms with Gasteiger partial charge in [0.25, 0.3) is 0 Å². The van der Waals surface area contributed by atoms with E-state index in [4.69, 9.17) is 0 Å². The molecule has 4 heteroatoms. The van der Waals surface area contributed by atoms with E-state index in [1.807, 2.05) is 35.9 Å². The summed E-state index contributed by atoms with van der Waals surface area (Å²) in [4.78, 5) is 0. The monoisotopic (exact) mass is 289 g/mol. The number of hydrogen-bond acceptors (Lipinski definition) is 0. The van der Waals surface area contributed by atoms with Gasteiger partial charge in [0.2, 0.25) is 0 Å². The molecule has 0 radical (unpaired) electrons. The Bertz CT molecular complexity index is 784. The zero-order valence-electron chi connectivity index (χ0n) is 11.5. The molecule has 0 aliphatic rings. The minimum Gasteiger partial charge on any atom is -0.343 e. The van der Waals surface area contributed by atoms with Gasteiger partial charge in [-0.15, -0.1) is 0 Å². The summed E-state index contributed by atoms with van der Waals surface area (Å²) in [7, 11) is 0. The number of hydrogen-bond donors (Lipinski definition) is 0. The van der Waals surface area contributed by atoms with Crippen molar-refractivity contribution in [3.63, 3.8) is 0 Å². The number of fused-ring (bicyclic) bond motifs is 1. The van der Waals surface area contributed by atoms with Crippen LogP contribution in [0.1, 0.15) is 16.7 Å². The highest BCUT2D eigenvalue weighted by molar-refractivity contribution is 5.80. The van der Waals surface area contributed by atoms with Gasteiger partial charge in [-0.2, -0.15) is 13.2 Å². The molecule has 1 nitrogen and oxygen atoms in total. The number of halogens is 3. The maximum atomic E-state index is 12.7. The van der Waals surface area contributed by atoms with Crippen LogP contribution >= 0.6 is 0 Å². The van der Waals surface area contributed by atoms with Crippen molar-refractivity contribution in [1.29, 1.82) is 0 Å². The first-order chi connectivity index (χ1) is 9.93. The van der Waals surface area contributed by atoms with Crippen LogP contribution in [0.3, 0.4) is 0 Å². The molecule has 1 aromatic heterocycles. The van der Waals surface area contributed by atoms with E-state index >= 15 is 0 Å². The Kier molecular flexibility index (Phi) is 3.24. The largest absolute Gasteiger partial charge is 0.416 e. The zero-order valence-corrected chi connectivity index (χ0v) is 11.5. The molecule has 0 fully saturated rings. The second kappa shape index (κ2) is 4.95. The lowest BCUT2D eigenvalue weighted by Gasteiger charge is -2.10. The van der Waals surface area contributed by atoms with E-state index in [2.05, 4.69) is 6.07 Å². The van der Waals surface area contributed by atoms with E-state index in [0.29, 0.717) is 12.1 Å². The molecule has 0 aliphatic heterocycles. The van der Waals surface area contributed by atoms with Crippen molar-refractivity contribution in [2.75, 3.05) is 0 Å². The Labute approximate surface area is 120 Å². The Morgan fingerprint density at radius 1 is 1.00 bits per heavy atom. The quantitative estimate of drug-likeness (QED) is 0.624. The van der Waals surface area contributed by atoms with Gasteiger partial charge in [-0.25, -0.2) is 0 Å². The molecule has 0 spiro atoms. The summed E-state index contributed by atoms with van der Waals surface area (Å²) in [6.45, 7) is 2.44. The predicted molar refractivity (Wildman–Crippen MR) is 77.2 cm³/mol. The van der Waals surface area contributed by atoms with Crippen LogP contribution < -0.4 is 0 Å². The number of aryl methyl sites for hydroxylation is 1. The SMILES string of the molecule is Cc1ccc2c(ccn2Cc2cccc(C(F)(F)F)c2)c1. The average Bonchev–Trinajstić information content (AvgIpc) is 2.80. The van der Waals surface area contributed by atoms with Crippen LogP contribution in [0.2, 0.25) is 0 Å². The number of nitrogens with zero attached hydrogens (tertiary/aromatic N) is 1. The molecule has 0 unspecified atom stereocenters. The van der Waals surface area contributed by atoms with Crippen molar-refractivity contribution in [1.82, 2.24) is 4.57 Å². The van der Waals surface area contributed by atoms with E-state index in [1.54, 1.807) is 6.07 Å². The van der Waals surface area contributed by atoms with Crippen molar-refractivity contribution < 1.29 is 13.2 Å². The van der Waals surface area contributed by atoms with Crippen molar-refractivity contribution in [2.45, 2.75) is 19.6 Å². The summed E-state index contributed by atoms with van der Waals surface area (Å²) < 4.78 is 40.2. The van der Waals surface area contributed by atoms with Crippen LogP contribution in [0.4, 0.5) is 13.2 Å². The molecule has 3 aromatic rings. The smallest absolute Gasteiger partial charge is 0.343 e. The molecule has 0 atom stereocenters. The highest BCUT2D eigenvalue weighted by Crippen LogP contribution is 2.30. The van der Waals surface area contributed by atoms with Gasteiger partial charge >= 0.3 is 6.18 Å². The van der Waals surface area contributed by atoms with Crippen LogP contribution in [0.25, 0.3) is 10.9 Å². The first kappa shape index (κ1) is 13.7. The number of alkyl halides is 3. The van der Waals surface area contributed by atoms with Crippen molar-refractivity contribution >= 4 is 10.9 Å². The Balaban J connectivity index is 1.95. The van der Waals surface area contributed by atoms with Gasteiger partial charge in [-0.3, -0.25) is 0 Å². The molecule has 2 aromatic carbocycles. The Hall–Kier alpha value is -2.23. The number of benzene rings is 2. The molecule has 0 bridgehead atoms. The average molecular weight is 289 g/mol. The lowest BCUT2D eigenvalue weighted by molar-refractivity contribution is -0.137. The number of rotatable bonds is 2. The first-order valence-corrected chi connectivity index (χ1v) is 6.65. The number of aromatic nitrogens is 1. The van der Waals surface area contributed by atoms with Crippen molar-refractivity contribution in [3.05, 3.63) is 71.4 Å². The summed E-state index contributed by atoms with van der Waals surface area (Å²) in [5.74, 6) is 0. The Morgan fingerprint density at radius 2 is 1.81 bits per heavy atom. The van der Waals surface area contributed by atoms with Crippen molar-refractivity contribution in [3.8, 4) is 0 Å². The van der Waals surface area contributed by atoms with Crippen LogP contribution in [0, 0.1) is 6.92 Å². The highest BCUT2D eigenvalue weighted by atomic mass is 19.4. The van der Waals surface area contributed by atoms with E-state index in [0.717, 1.165) is 17.0 Å². The molecule has 108 valence electrons. The fraction of sp³-hybridized carbons (Fsp3) is 0.176. The minimum absolute atomic E-state index is 0.427. The summed E-state index contributed by atoms with van der Waals surface area (Å²) in [6.07, 6.45) is -2.39. The molecule has 0 amide bonds. The lowest BCUT2D eigenvalue weighted by atomic mass is 10.1. The molecular weight excluding hydrogens is 275 g/mol. The van der Waals surface area contributed by atoms with E-state index < -0.39 is 11.7 Å². The van der Waals surface area contributed by atoms with Crippen LogP contribution in [-0.2, 0) is 12.7 Å². The summed E-state index contributed by atoms with van der Waals surface area (Å²) in [5, 5.41) is 1.10. The summed E-state index contributed by atoms with van der Waals surface area (Å²) >= 11 is 0. The lowest BCUT2D eigenvalue weighted by Crippen LogP contribution is -2.06. The van der Waals surface area contributed by atoms with Gasteiger partial charge in [-0.05, 0) is 48.2 Å². The van der Waals surface area contributed by atoms with Gasteiger partial charge in [-0.1, -0.05) is 23.8 Å². The Morgan fingerprint density at radius 3 is 2.57 bits per heavy atom. The van der Waals surface area contributed by atoms with E-state index in [-0.39, 0.29) is 0 Å².